The number of carbonyl (C=O) groups is 2. The lowest BCUT2D eigenvalue weighted by atomic mass is 9.98. The molecule has 3 aromatic rings. The molecular weight excluding hydrogens is 473 g/mol. The van der Waals surface area contributed by atoms with Crippen molar-refractivity contribution >= 4 is 39.4 Å². The van der Waals surface area contributed by atoms with E-state index >= 15 is 0 Å². The van der Waals surface area contributed by atoms with Gasteiger partial charge in [0.15, 0.2) is 11.3 Å². The molecule has 0 radical (unpaired) electrons. The van der Waals surface area contributed by atoms with Crippen molar-refractivity contribution < 1.29 is 18.7 Å². The zero-order valence-electron chi connectivity index (χ0n) is 19.5. The molecule has 2 N–H and O–H groups in total. The molecule has 0 spiro atoms. The molecule has 3 aromatic heterocycles. The van der Waals surface area contributed by atoms with E-state index in [2.05, 4.69) is 30.6 Å². The van der Waals surface area contributed by atoms with Gasteiger partial charge in [0.2, 0.25) is 11.9 Å². The molecule has 35 heavy (non-hydrogen) atoms. The lowest BCUT2D eigenvalue weighted by molar-refractivity contribution is -0.129. The van der Waals surface area contributed by atoms with E-state index in [-0.39, 0.29) is 41.5 Å². The lowest BCUT2D eigenvalue weighted by Gasteiger charge is -2.40. The van der Waals surface area contributed by atoms with Gasteiger partial charge in [0.25, 0.3) is 5.91 Å². The Balaban J connectivity index is 1.29. The second kappa shape index (κ2) is 9.78. The van der Waals surface area contributed by atoms with Crippen LogP contribution in [-0.4, -0.2) is 69.0 Å². The van der Waals surface area contributed by atoms with Crippen LogP contribution >= 0.6 is 11.3 Å². The fraction of sp³-hybridized carbons (Fsp3) is 0.478. The van der Waals surface area contributed by atoms with E-state index < -0.39 is 5.82 Å². The van der Waals surface area contributed by atoms with E-state index in [1.807, 2.05) is 13.8 Å². The first-order chi connectivity index (χ1) is 16.9. The van der Waals surface area contributed by atoms with Gasteiger partial charge in [-0.3, -0.25) is 14.6 Å². The standard InChI is InChI=1S/C23H26FN7O3S/c1-12(15-7-16(24)9-25-8-15)26-23-29-18(19-20(30-23)27-13(2)35-19)22(33)31-10-17(11-31)28-21(32)14-3-5-34-6-4-14/h7-9,12,14,17H,3-6,10-11H2,1-2H3,(H,28,32)(H,26,29,30). The van der Waals surface area contributed by atoms with Crippen LogP contribution in [0.3, 0.4) is 0 Å². The average molecular weight is 500 g/mol. The summed E-state index contributed by atoms with van der Waals surface area (Å²) < 4.78 is 19.5. The predicted molar refractivity (Wildman–Crippen MR) is 128 cm³/mol. The number of fused-ring (bicyclic) bond motifs is 1. The van der Waals surface area contributed by atoms with Crippen molar-refractivity contribution in [3.63, 3.8) is 0 Å². The first kappa shape index (κ1) is 23.5. The Kier molecular flexibility index (Phi) is 6.56. The minimum absolute atomic E-state index is 0.0280. The van der Waals surface area contributed by atoms with Gasteiger partial charge >= 0.3 is 0 Å². The number of anilines is 1. The van der Waals surface area contributed by atoms with E-state index in [0.29, 0.717) is 42.2 Å². The summed E-state index contributed by atoms with van der Waals surface area (Å²) in [5.41, 5.74) is 1.33. The summed E-state index contributed by atoms with van der Waals surface area (Å²) in [6.45, 7) is 5.74. The number of aromatic nitrogens is 4. The van der Waals surface area contributed by atoms with Gasteiger partial charge < -0.3 is 20.3 Å². The normalized spacial score (nSPS) is 17.7. The van der Waals surface area contributed by atoms with Crippen LogP contribution in [0.1, 0.15) is 46.9 Å². The average Bonchev–Trinajstić information content (AvgIpc) is 3.20. The Morgan fingerprint density at radius 1 is 1.20 bits per heavy atom. The number of aryl methyl sites for hydroxylation is 1. The first-order valence-electron chi connectivity index (χ1n) is 11.6. The SMILES string of the molecule is Cc1nc2nc(NC(C)c3cncc(F)c3)nc(C(=O)N3CC(NC(=O)C4CCOCC4)C3)c2s1. The van der Waals surface area contributed by atoms with Crippen LogP contribution in [0.15, 0.2) is 18.5 Å². The number of nitrogens with zero attached hydrogens (tertiary/aromatic N) is 5. The maximum absolute atomic E-state index is 13.6. The zero-order valence-corrected chi connectivity index (χ0v) is 20.3. The van der Waals surface area contributed by atoms with Crippen molar-refractivity contribution in [3.05, 3.63) is 40.5 Å². The largest absolute Gasteiger partial charge is 0.381 e. The summed E-state index contributed by atoms with van der Waals surface area (Å²) in [5.74, 6) is -0.442. The van der Waals surface area contributed by atoms with Crippen molar-refractivity contribution in [1.82, 2.24) is 30.2 Å². The molecule has 2 aliphatic rings. The number of nitrogens with one attached hydrogen (secondary N) is 2. The molecule has 10 nitrogen and oxygen atoms in total. The minimum Gasteiger partial charge on any atom is -0.381 e. The van der Waals surface area contributed by atoms with E-state index in [0.717, 1.165) is 24.0 Å². The molecule has 2 saturated heterocycles. The maximum Gasteiger partial charge on any atom is 0.274 e. The molecule has 2 amide bonds. The van der Waals surface area contributed by atoms with Crippen molar-refractivity contribution in [2.45, 2.75) is 38.8 Å². The Hall–Kier alpha value is -3.25. The summed E-state index contributed by atoms with van der Waals surface area (Å²) >= 11 is 1.36. The number of rotatable bonds is 6. The maximum atomic E-state index is 13.6. The number of hydrogen-bond acceptors (Lipinski definition) is 9. The summed E-state index contributed by atoms with van der Waals surface area (Å²) in [7, 11) is 0. The smallest absolute Gasteiger partial charge is 0.274 e. The molecule has 5 heterocycles. The van der Waals surface area contributed by atoms with Crippen molar-refractivity contribution in [2.75, 3.05) is 31.6 Å². The van der Waals surface area contributed by atoms with Crippen LogP contribution < -0.4 is 10.6 Å². The van der Waals surface area contributed by atoms with Crippen LogP contribution in [0.2, 0.25) is 0 Å². The predicted octanol–water partition coefficient (Wildman–Crippen LogP) is 2.47. The van der Waals surface area contributed by atoms with E-state index in [4.69, 9.17) is 4.74 Å². The molecular formula is C23H26FN7O3S. The van der Waals surface area contributed by atoms with Gasteiger partial charge in [-0.2, -0.15) is 4.98 Å². The van der Waals surface area contributed by atoms with E-state index in [1.165, 1.54) is 17.4 Å². The molecule has 5 rings (SSSR count). The molecule has 1 atom stereocenters. The van der Waals surface area contributed by atoms with Gasteiger partial charge in [0.1, 0.15) is 10.5 Å². The Labute approximate surface area is 205 Å². The first-order valence-corrected chi connectivity index (χ1v) is 12.4. The highest BCUT2D eigenvalue weighted by atomic mass is 32.1. The van der Waals surface area contributed by atoms with Crippen LogP contribution in [0, 0.1) is 18.7 Å². The molecule has 184 valence electrons. The zero-order chi connectivity index (χ0) is 24.5. The summed E-state index contributed by atoms with van der Waals surface area (Å²) in [6, 6.07) is 0.969. The van der Waals surface area contributed by atoms with Crippen molar-refractivity contribution in [1.29, 1.82) is 0 Å². The third-order valence-corrected chi connectivity index (χ3v) is 7.21. The van der Waals surface area contributed by atoms with Gasteiger partial charge in [0, 0.05) is 38.4 Å². The number of carbonyl (C=O) groups excluding carboxylic acids is 2. The van der Waals surface area contributed by atoms with Gasteiger partial charge in [0.05, 0.1) is 23.3 Å². The number of pyridine rings is 1. The lowest BCUT2D eigenvalue weighted by Crippen LogP contribution is -2.61. The van der Waals surface area contributed by atoms with Crippen molar-refractivity contribution in [3.8, 4) is 0 Å². The van der Waals surface area contributed by atoms with Gasteiger partial charge in [-0.1, -0.05) is 0 Å². The number of halogens is 1. The van der Waals surface area contributed by atoms with E-state index in [1.54, 1.807) is 11.1 Å². The third-order valence-electron chi connectivity index (χ3n) is 6.24. The monoisotopic (exact) mass is 499 g/mol. The molecule has 0 saturated carbocycles. The number of hydrogen-bond donors (Lipinski definition) is 2. The summed E-state index contributed by atoms with van der Waals surface area (Å²) in [4.78, 5) is 44.8. The molecule has 12 heteroatoms. The van der Waals surface area contributed by atoms with Gasteiger partial charge in [-0.15, -0.1) is 11.3 Å². The van der Waals surface area contributed by atoms with Gasteiger partial charge in [-0.05, 0) is 38.3 Å². The number of amides is 2. The highest BCUT2D eigenvalue weighted by molar-refractivity contribution is 7.18. The van der Waals surface area contributed by atoms with E-state index in [9.17, 15) is 14.0 Å². The highest BCUT2D eigenvalue weighted by Gasteiger charge is 2.36. The molecule has 2 fully saturated rings. The topological polar surface area (TPSA) is 122 Å². The molecule has 0 aliphatic carbocycles. The molecule has 0 aromatic carbocycles. The molecule has 0 bridgehead atoms. The summed E-state index contributed by atoms with van der Waals surface area (Å²) in [6.07, 6.45) is 4.16. The third kappa shape index (κ3) is 5.08. The minimum atomic E-state index is -0.435. The fourth-order valence-corrected chi connectivity index (χ4v) is 5.08. The summed E-state index contributed by atoms with van der Waals surface area (Å²) in [5, 5.41) is 6.94. The Morgan fingerprint density at radius 3 is 2.71 bits per heavy atom. The number of ether oxygens (including phenoxy) is 1. The number of thiazole rings is 1. The van der Waals surface area contributed by atoms with Crippen LogP contribution in [0.4, 0.5) is 10.3 Å². The second-order valence-electron chi connectivity index (χ2n) is 8.89. The highest BCUT2D eigenvalue weighted by Crippen LogP contribution is 2.28. The molecule has 1 unspecified atom stereocenters. The van der Waals surface area contributed by atoms with Crippen LogP contribution in [0.25, 0.3) is 10.3 Å². The Morgan fingerprint density at radius 2 is 1.97 bits per heavy atom. The Bertz CT molecular complexity index is 1260. The van der Waals surface area contributed by atoms with Crippen LogP contribution in [-0.2, 0) is 9.53 Å². The van der Waals surface area contributed by atoms with Crippen LogP contribution in [0.5, 0.6) is 0 Å². The fourth-order valence-electron chi connectivity index (χ4n) is 4.24. The quantitative estimate of drug-likeness (QED) is 0.530. The van der Waals surface area contributed by atoms with Gasteiger partial charge in [-0.25, -0.2) is 14.4 Å². The molecule has 2 aliphatic heterocycles. The second-order valence-corrected chi connectivity index (χ2v) is 10.1. The number of likely N-dealkylation sites (tertiary alicyclic amines) is 1. The van der Waals surface area contributed by atoms with Crippen molar-refractivity contribution in [2.24, 2.45) is 5.92 Å².